The van der Waals surface area contributed by atoms with Crippen molar-refractivity contribution < 1.29 is 18.3 Å². The monoisotopic (exact) mass is 313 g/mol. The molecule has 122 valence electrons. The van der Waals surface area contributed by atoms with Crippen LogP contribution in [0.3, 0.4) is 0 Å². The summed E-state index contributed by atoms with van der Waals surface area (Å²) in [6.07, 6.45) is 0.650. The molecule has 0 aliphatic heterocycles. The van der Waals surface area contributed by atoms with Crippen LogP contribution in [-0.2, 0) is 11.8 Å². The molecule has 0 aromatic carbocycles. The summed E-state index contributed by atoms with van der Waals surface area (Å²) in [4.78, 5) is 11.9. The first-order valence-electron chi connectivity index (χ1n) is 7.75. The fraction of sp³-hybridized carbons (Fsp3) is 0.733. The normalized spacial score (nSPS) is 24.8. The maximum absolute atomic E-state index is 12.4. The van der Waals surface area contributed by atoms with Gasteiger partial charge in [-0.2, -0.15) is 5.10 Å². The summed E-state index contributed by atoms with van der Waals surface area (Å²) in [6.45, 7) is 1.94. The lowest BCUT2D eigenvalue weighted by Gasteiger charge is -2.33. The molecular weight excluding hydrogens is 292 g/mol. The molecular formula is C15H21F2N3O2. The highest BCUT2D eigenvalue weighted by Gasteiger charge is 2.38. The summed E-state index contributed by atoms with van der Waals surface area (Å²) in [6, 6.07) is 0. The molecule has 0 bridgehead atoms. The van der Waals surface area contributed by atoms with E-state index in [4.69, 9.17) is 4.74 Å². The van der Waals surface area contributed by atoms with Crippen LogP contribution in [0.15, 0.2) is 0 Å². The van der Waals surface area contributed by atoms with Crippen molar-refractivity contribution in [2.45, 2.75) is 57.5 Å². The van der Waals surface area contributed by atoms with Crippen molar-refractivity contribution in [3.8, 4) is 0 Å². The van der Waals surface area contributed by atoms with Gasteiger partial charge in [-0.25, -0.2) is 13.6 Å². The highest BCUT2D eigenvalue weighted by molar-refractivity contribution is 5.84. The minimum atomic E-state index is -2.33. The Morgan fingerprint density at radius 1 is 1.41 bits per heavy atom. The molecule has 1 heterocycles. The van der Waals surface area contributed by atoms with Crippen LogP contribution in [0.2, 0.25) is 0 Å². The van der Waals surface area contributed by atoms with Crippen LogP contribution in [0, 0.1) is 12.8 Å². The van der Waals surface area contributed by atoms with Gasteiger partial charge in [-0.3, -0.25) is 10.00 Å². The number of carbonyl (C=O) groups excluding carboxylic acids is 1. The van der Waals surface area contributed by atoms with E-state index in [2.05, 4.69) is 10.4 Å². The maximum Gasteiger partial charge on any atom is 0.413 e. The van der Waals surface area contributed by atoms with Gasteiger partial charge in [0.25, 0.3) is 0 Å². The van der Waals surface area contributed by atoms with E-state index in [0.717, 1.165) is 24.1 Å². The molecule has 22 heavy (non-hydrogen) atoms. The number of rotatable bonds is 4. The summed E-state index contributed by atoms with van der Waals surface area (Å²) < 4.78 is 31.6. The predicted octanol–water partition coefficient (Wildman–Crippen LogP) is 3.59. The van der Waals surface area contributed by atoms with Crippen LogP contribution in [0.1, 0.15) is 49.3 Å². The second-order valence-corrected chi connectivity index (χ2v) is 6.33. The molecule has 1 N–H and O–H groups in total. The van der Waals surface area contributed by atoms with Crippen LogP contribution in [0.25, 0.3) is 0 Å². The van der Waals surface area contributed by atoms with Gasteiger partial charge in [0.15, 0.2) is 0 Å². The number of aryl methyl sites for hydroxylation is 1. The van der Waals surface area contributed by atoms with E-state index < -0.39 is 24.5 Å². The molecule has 0 atom stereocenters. The number of alkyl halides is 2. The SMILES string of the molecule is Cc1c(C2CCC2)nn(C)c1NC(=O)OC1CC(C(F)F)C1. The largest absolute Gasteiger partial charge is 0.446 e. The molecule has 3 rings (SSSR count). The summed E-state index contributed by atoms with van der Waals surface area (Å²) in [5, 5.41) is 7.18. The van der Waals surface area contributed by atoms with E-state index in [0.29, 0.717) is 11.7 Å². The highest BCUT2D eigenvalue weighted by Crippen LogP contribution is 2.39. The van der Waals surface area contributed by atoms with Gasteiger partial charge in [0.1, 0.15) is 11.9 Å². The van der Waals surface area contributed by atoms with Crippen molar-refractivity contribution in [3.63, 3.8) is 0 Å². The number of ether oxygens (including phenoxy) is 1. The number of hydrogen-bond acceptors (Lipinski definition) is 3. The summed E-state index contributed by atoms with van der Waals surface area (Å²) >= 11 is 0. The Labute approximate surface area is 128 Å². The number of anilines is 1. The van der Waals surface area contributed by atoms with E-state index in [9.17, 15) is 13.6 Å². The fourth-order valence-corrected chi connectivity index (χ4v) is 3.08. The Kier molecular flexibility index (Phi) is 4.06. The molecule has 1 aromatic heterocycles. The second-order valence-electron chi connectivity index (χ2n) is 6.33. The average Bonchev–Trinajstić information content (AvgIpc) is 2.59. The third-order valence-electron chi connectivity index (χ3n) is 4.79. The van der Waals surface area contributed by atoms with Gasteiger partial charge in [0.05, 0.1) is 5.69 Å². The van der Waals surface area contributed by atoms with Gasteiger partial charge in [-0.05, 0) is 32.6 Å². The van der Waals surface area contributed by atoms with Gasteiger partial charge in [0.2, 0.25) is 6.43 Å². The summed E-state index contributed by atoms with van der Waals surface area (Å²) in [5.41, 5.74) is 1.99. The first-order valence-corrected chi connectivity index (χ1v) is 7.75. The van der Waals surface area contributed by atoms with E-state index >= 15 is 0 Å². The highest BCUT2D eigenvalue weighted by atomic mass is 19.3. The molecule has 0 unspecified atom stereocenters. The van der Waals surface area contributed by atoms with Crippen molar-refractivity contribution in [3.05, 3.63) is 11.3 Å². The molecule has 2 saturated carbocycles. The van der Waals surface area contributed by atoms with Crippen LogP contribution in [0.4, 0.5) is 19.4 Å². The number of hydrogen-bond donors (Lipinski definition) is 1. The minimum absolute atomic E-state index is 0.239. The van der Waals surface area contributed by atoms with Crippen LogP contribution < -0.4 is 5.32 Å². The molecule has 5 nitrogen and oxygen atoms in total. The molecule has 1 amide bonds. The fourth-order valence-electron chi connectivity index (χ4n) is 3.08. The third-order valence-corrected chi connectivity index (χ3v) is 4.79. The van der Waals surface area contributed by atoms with Gasteiger partial charge < -0.3 is 4.74 Å². The van der Waals surface area contributed by atoms with E-state index in [1.54, 1.807) is 11.7 Å². The lowest BCUT2D eigenvalue weighted by molar-refractivity contribution is -0.0478. The number of halogens is 2. The standard InChI is InChI=1S/C15H21F2N3O2/c1-8-12(9-4-3-5-9)19-20(2)14(8)18-15(21)22-11-6-10(7-11)13(16)17/h9-11,13H,3-7H2,1-2H3,(H,18,21). The minimum Gasteiger partial charge on any atom is -0.446 e. The lowest BCUT2D eigenvalue weighted by atomic mass is 9.82. The average molecular weight is 313 g/mol. The van der Waals surface area contributed by atoms with Gasteiger partial charge in [-0.15, -0.1) is 0 Å². The zero-order valence-electron chi connectivity index (χ0n) is 12.8. The Bertz CT molecular complexity index is 563. The summed E-state index contributed by atoms with van der Waals surface area (Å²) in [5.74, 6) is 0.467. The molecule has 7 heteroatoms. The molecule has 1 aromatic rings. The maximum atomic E-state index is 12.4. The molecule has 2 aliphatic carbocycles. The van der Waals surface area contributed by atoms with Gasteiger partial charge >= 0.3 is 6.09 Å². The Hall–Kier alpha value is -1.66. The second kappa shape index (κ2) is 5.85. The van der Waals surface area contributed by atoms with Crippen molar-refractivity contribution in [1.82, 2.24) is 9.78 Å². The number of aromatic nitrogens is 2. The zero-order valence-corrected chi connectivity index (χ0v) is 12.8. The van der Waals surface area contributed by atoms with E-state index in [1.807, 2.05) is 6.92 Å². The molecule has 0 saturated heterocycles. The smallest absolute Gasteiger partial charge is 0.413 e. The van der Waals surface area contributed by atoms with Crippen molar-refractivity contribution >= 4 is 11.9 Å². The number of amides is 1. The van der Waals surface area contributed by atoms with E-state index in [1.165, 1.54) is 6.42 Å². The molecule has 0 spiro atoms. The lowest BCUT2D eigenvalue weighted by Crippen LogP contribution is -2.38. The zero-order chi connectivity index (χ0) is 15.9. The Morgan fingerprint density at radius 3 is 2.64 bits per heavy atom. The van der Waals surface area contributed by atoms with Crippen molar-refractivity contribution in [2.75, 3.05) is 5.32 Å². The first-order chi connectivity index (χ1) is 10.5. The third kappa shape index (κ3) is 2.80. The Morgan fingerprint density at radius 2 is 2.09 bits per heavy atom. The van der Waals surface area contributed by atoms with Crippen LogP contribution >= 0.6 is 0 Å². The number of carbonyl (C=O) groups is 1. The first kappa shape index (κ1) is 15.2. The topological polar surface area (TPSA) is 56.2 Å². The van der Waals surface area contributed by atoms with E-state index in [-0.39, 0.29) is 12.8 Å². The number of nitrogens with one attached hydrogen (secondary N) is 1. The van der Waals surface area contributed by atoms with Crippen LogP contribution in [0.5, 0.6) is 0 Å². The molecule has 2 fully saturated rings. The number of nitrogens with zero attached hydrogens (tertiary/aromatic N) is 2. The predicted molar refractivity (Wildman–Crippen MR) is 77.2 cm³/mol. The van der Waals surface area contributed by atoms with Crippen LogP contribution in [-0.4, -0.2) is 28.4 Å². The summed E-state index contributed by atoms with van der Waals surface area (Å²) in [7, 11) is 1.78. The Balaban J connectivity index is 1.57. The molecule has 2 aliphatic rings. The van der Waals surface area contributed by atoms with Crippen molar-refractivity contribution in [2.24, 2.45) is 13.0 Å². The van der Waals surface area contributed by atoms with Gasteiger partial charge in [0, 0.05) is 24.4 Å². The van der Waals surface area contributed by atoms with Gasteiger partial charge in [-0.1, -0.05) is 6.42 Å². The quantitative estimate of drug-likeness (QED) is 0.924. The van der Waals surface area contributed by atoms with Crippen molar-refractivity contribution in [1.29, 1.82) is 0 Å². The molecule has 0 radical (unpaired) electrons.